The number of alkyl halides is 2. The minimum absolute atomic E-state index is 0.252. The van der Waals surface area contributed by atoms with E-state index in [0.29, 0.717) is 19.6 Å². The van der Waals surface area contributed by atoms with E-state index >= 15 is 0 Å². The molecule has 0 spiro atoms. The van der Waals surface area contributed by atoms with E-state index in [0.717, 1.165) is 0 Å². The summed E-state index contributed by atoms with van der Waals surface area (Å²) in [6.07, 6.45) is -0.477. The van der Waals surface area contributed by atoms with Gasteiger partial charge in [-0.05, 0) is 19.9 Å². The number of ether oxygens (including phenoxy) is 1. The van der Waals surface area contributed by atoms with E-state index in [1.165, 1.54) is 0 Å². The van der Waals surface area contributed by atoms with Crippen LogP contribution in [-0.2, 0) is 4.74 Å². The van der Waals surface area contributed by atoms with Crippen molar-refractivity contribution in [1.82, 2.24) is 5.32 Å². The standard InChI is InChI=1S/C7H13F2NO/c1-2-11-6-3-4-10-5-7(6,8)9/h6,10H,2-5H2,1H3/t6-/m0/s1. The number of rotatable bonds is 2. The van der Waals surface area contributed by atoms with Gasteiger partial charge in [0.1, 0.15) is 6.10 Å². The maximum atomic E-state index is 12.9. The fourth-order valence-electron chi connectivity index (χ4n) is 1.22. The number of hydrogen-bond donors (Lipinski definition) is 1. The summed E-state index contributed by atoms with van der Waals surface area (Å²) in [5, 5.41) is 2.63. The van der Waals surface area contributed by atoms with Crippen molar-refractivity contribution in [1.29, 1.82) is 0 Å². The van der Waals surface area contributed by atoms with Crippen LogP contribution in [0.2, 0.25) is 0 Å². The molecule has 1 N–H and O–H groups in total. The Bertz CT molecular complexity index is 128. The summed E-state index contributed by atoms with van der Waals surface area (Å²) in [6.45, 7) is 2.47. The number of nitrogens with one attached hydrogen (secondary N) is 1. The Morgan fingerprint density at radius 3 is 2.91 bits per heavy atom. The molecule has 0 unspecified atom stereocenters. The van der Waals surface area contributed by atoms with Gasteiger partial charge in [0.25, 0.3) is 5.92 Å². The Hall–Kier alpha value is -0.220. The summed E-state index contributed by atoms with van der Waals surface area (Å²) in [5.41, 5.74) is 0. The first kappa shape index (κ1) is 8.87. The lowest BCUT2D eigenvalue weighted by atomic mass is 10.1. The SMILES string of the molecule is CCO[C@H]1CCNCC1(F)F. The minimum Gasteiger partial charge on any atom is -0.372 e. The average Bonchev–Trinajstić information content (AvgIpc) is 1.94. The number of hydrogen-bond acceptors (Lipinski definition) is 2. The fraction of sp³-hybridized carbons (Fsp3) is 1.00. The predicted octanol–water partition coefficient (Wildman–Crippen LogP) is 1.02. The van der Waals surface area contributed by atoms with Crippen LogP contribution < -0.4 is 5.32 Å². The molecule has 4 heteroatoms. The first-order valence-electron chi connectivity index (χ1n) is 3.87. The topological polar surface area (TPSA) is 21.3 Å². The molecule has 1 rings (SSSR count). The first-order chi connectivity index (χ1) is 5.17. The molecule has 1 heterocycles. The molecule has 66 valence electrons. The van der Waals surface area contributed by atoms with Gasteiger partial charge in [0.15, 0.2) is 0 Å². The van der Waals surface area contributed by atoms with Crippen molar-refractivity contribution in [2.75, 3.05) is 19.7 Å². The Kier molecular flexibility index (Phi) is 2.78. The van der Waals surface area contributed by atoms with Gasteiger partial charge in [0.2, 0.25) is 0 Å². The maximum Gasteiger partial charge on any atom is 0.285 e. The molecule has 1 fully saturated rings. The third-order valence-corrected chi connectivity index (χ3v) is 1.78. The van der Waals surface area contributed by atoms with Crippen LogP contribution in [0.4, 0.5) is 8.78 Å². The molecule has 0 bridgehead atoms. The molecule has 0 aromatic rings. The van der Waals surface area contributed by atoms with Crippen LogP contribution in [0.5, 0.6) is 0 Å². The van der Waals surface area contributed by atoms with Crippen LogP contribution >= 0.6 is 0 Å². The van der Waals surface area contributed by atoms with E-state index in [4.69, 9.17) is 4.74 Å². The van der Waals surface area contributed by atoms with E-state index in [1.807, 2.05) is 0 Å². The van der Waals surface area contributed by atoms with Gasteiger partial charge < -0.3 is 10.1 Å². The summed E-state index contributed by atoms with van der Waals surface area (Å²) in [4.78, 5) is 0. The van der Waals surface area contributed by atoms with Gasteiger partial charge in [-0.1, -0.05) is 0 Å². The smallest absolute Gasteiger partial charge is 0.285 e. The van der Waals surface area contributed by atoms with Gasteiger partial charge in [0.05, 0.1) is 6.54 Å². The van der Waals surface area contributed by atoms with Crippen LogP contribution in [0.15, 0.2) is 0 Å². The van der Waals surface area contributed by atoms with E-state index in [-0.39, 0.29) is 6.54 Å². The molecular weight excluding hydrogens is 152 g/mol. The molecule has 0 radical (unpaired) electrons. The summed E-state index contributed by atoms with van der Waals surface area (Å²) < 4.78 is 30.6. The second-order valence-electron chi connectivity index (χ2n) is 2.67. The third-order valence-electron chi connectivity index (χ3n) is 1.78. The summed E-state index contributed by atoms with van der Waals surface area (Å²) in [6, 6.07) is 0. The van der Waals surface area contributed by atoms with Gasteiger partial charge in [-0.3, -0.25) is 0 Å². The van der Waals surface area contributed by atoms with Gasteiger partial charge in [-0.15, -0.1) is 0 Å². The maximum absolute atomic E-state index is 12.9. The number of piperidine rings is 1. The Balaban J connectivity index is 2.45. The minimum atomic E-state index is -2.69. The predicted molar refractivity (Wildman–Crippen MR) is 37.8 cm³/mol. The fourth-order valence-corrected chi connectivity index (χ4v) is 1.22. The first-order valence-corrected chi connectivity index (χ1v) is 3.87. The van der Waals surface area contributed by atoms with Crippen LogP contribution in [0.1, 0.15) is 13.3 Å². The van der Waals surface area contributed by atoms with Gasteiger partial charge in [0, 0.05) is 6.61 Å². The van der Waals surface area contributed by atoms with E-state index < -0.39 is 12.0 Å². The summed E-state index contributed by atoms with van der Waals surface area (Å²) in [7, 11) is 0. The van der Waals surface area contributed by atoms with Crippen LogP contribution in [0, 0.1) is 0 Å². The molecule has 1 aliphatic heterocycles. The monoisotopic (exact) mass is 165 g/mol. The van der Waals surface area contributed by atoms with Crippen molar-refractivity contribution in [3.8, 4) is 0 Å². The Morgan fingerprint density at radius 2 is 2.36 bits per heavy atom. The highest BCUT2D eigenvalue weighted by Crippen LogP contribution is 2.25. The van der Waals surface area contributed by atoms with Crippen molar-refractivity contribution in [2.24, 2.45) is 0 Å². The van der Waals surface area contributed by atoms with Gasteiger partial charge in [-0.25, -0.2) is 8.78 Å². The number of halogens is 2. The van der Waals surface area contributed by atoms with Crippen LogP contribution in [-0.4, -0.2) is 31.7 Å². The van der Waals surface area contributed by atoms with Crippen molar-refractivity contribution in [2.45, 2.75) is 25.4 Å². The molecule has 0 amide bonds. The molecule has 0 aliphatic carbocycles. The van der Waals surface area contributed by atoms with Crippen molar-refractivity contribution >= 4 is 0 Å². The molecule has 11 heavy (non-hydrogen) atoms. The highest BCUT2D eigenvalue weighted by atomic mass is 19.3. The van der Waals surface area contributed by atoms with Crippen molar-refractivity contribution in [3.05, 3.63) is 0 Å². The average molecular weight is 165 g/mol. The molecular formula is C7H13F2NO. The summed E-state index contributed by atoms with van der Waals surface area (Å²) in [5.74, 6) is -2.69. The molecule has 0 aromatic carbocycles. The third kappa shape index (κ3) is 2.10. The molecule has 0 saturated carbocycles. The highest BCUT2D eigenvalue weighted by molar-refractivity contribution is 4.85. The molecule has 1 aliphatic rings. The lowest BCUT2D eigenvalue weighted by Gasteiger charge is -2.31. The largest absolute Gasteiger partial charge is 0.372 e. The van der Waals surface area contributed by atoms with Gasteiger partial charge >= 0.3 is 0 Å². The lowest BCUT2D eigenvalue weighted by molar-refractivity contribution is -0.146. The molecule has 1 saturated heterocycles. The second kappa shape index (κ2) is 3.45. The summed E-state index contributed by atoms with van der Waals surface area (Å²) >= 11 is 0. The zero-order valence-electron chi connectivity index (χ0n) is 6.57. The van der Waals surface area contributed by atoms with Crippen LogP contribution in [0.3, 0.4) is 0 Å². The van der Waals surface area contributed by atoms with Gasteiger partial charge in [-0.2, -0.15) is 0 Å². The van der Waals surface area contributed by atoms with Crippen molar-refractivity contribution < 1.29 is 13.5 Å². The lowest BCUT2D eigenvalue weighted by Crippen LogP contribution is -2.50. The van der Waals surface area contributed by atoms with Crippen LogP contribution in [0.25, 0.3) is 0 Å². The molecule has 2 nitrogen and oxygen atoms in total. The van der Waals surface area contributed by atoms with Crippen molar-refractivity contribution in [3.63, 3.8) is 0 Å². The zero-order valence-corrected chi connectivity index (χ0v) is 6.57. The molecule has 0 aromatic heterocycles. The van der Waals surface area contributed by atoms with E-state index in [9.17, 15) is 8.78 Å². The van der Waals surface area contributed by atoms with E-state index in [1.54, 1.807) is 6.92 Å². The normalized spacial score (nSPS) is 30.3. The Labute approximate surface area is 64.9 Å². The zero-order chi connectivity index (χ0) is 8.32. The highest BCUT2D eigenvalue weighted by Gasteiger charge is 2.41. The van der Waals surface area contributed by atoms with E-state index in [2.05, 4.69) is 5.32 Å². The Morgan fingerprint density at radius 1 is 1.64 bits per heavy atom. The molecule has 1 atom stereocenters. The second-order valence-corrected chi connectivity index (χ2v) is 2.67. The quantitative estimate of drug-likeness (QED) is 0.659.